The van der Waals surface area contributed by atoms with Gasteiger partial charge in [-0.25, -0.2) is 9.78 Å². The van der Waals surface area contributed by atoms with Gasteiger partial charge in [-0.1, -0.05) is 0 Å². The Morgan fingerprint density at radius 1 is 1.58 bits per heavy atom. The molecule has 9 nitrogen and oxygen atoms in total. The number of hydrogen-bond acceptors (Lipinski definition) is 7. The third-order valence-electron chi connectivity index (χ3n) is 3.43. The molecular weight excluding hydrogens is 338 g/mol. The second-order valence-electron chi connectivity index (χ2n) is 6.59. The van der Waals surface area contributed by atoms with Gasteiger partial charge in [-0.05, 0) is 44.7 Å². The largest absolute Gasteiger partial charge is 0.444 e. The maximum absolute atomic E-state index is 12.0. The standard InChI is InChI=1S/C14H20ClN5O4/c1-14(2,3)24-13(21)19-5-4-9(8-19)6-16-11-10(20(22)23)7-17-12(15)18-11/h7,9H,4-6,8H2,1-3H3,(H,16,17,18). The minimum atomic E-state index is -0.569. The van der Waals surface area contributed by atoms with Crippen molar-refractivity contribution in [3.63, 3.8) is 0 Å². The van der Waals surface area contributed by atoms with Gasteiger partial charge in [-0.15, -0.1) is 0 Å². The van der Waals surface area contributed by atoms with Crippen molar-refractivity contribution in [2.75, 3.05) is 25.0 Å². The monoisotopic (exact) mass is 357 g/mol. The van der Waals surface area contributed by atoms with Crippen molar-refractivity contribution in [1.29, 1.82) is 0 Å². The van der Waals surface area contributed by atoms with Crippen LogP contribution in [0.1, 0.15) is 27.2 Å². The lowest BCUT2D eigenvalue weighted by atomic mass is 10.1. The lowest BCUT2D eigenvalue weighted by Crippen LogP contribution is -2.35. The van der Waals surface area contributed by atoms with Crippen LogP contribution in [0.4, 0.5) is 16.3 Å². The molecule has 1 amide bonds. The molecule has 1 aliphatic heterocycles. The third kappa shape index (κ3) is 4.92. The smallest absolute Gasteiger partial charge is 0.410 e. The molecule has 0 spiro atoms. The normalized spacial score (nSPS) is 17.7. The average molecular weight is 358 g/mol. The second kappa shape index (κ2) is 7.16. The first-order valence-electron chi connectivity index (χ1n) is 7.54. The van der Waals surface area contributed by atoms with Crippen LogP contribution in [0.3, 0.4) is 0 Å². The van der Waals surface area contributed by atoms with E-state index in [9.17, 15) is 14.9 Å². The molecule has 24 heavy (non-hydrogen) atoms. The first-order chi connectivity index (χ1) is 11.2. The van der Waals surface area contributed by atoms with Crippen LogP contribution >= 0.6 is 11.6 Å². The Balaban J connectivity index is 1.92. The second-order valence-corrected chi connectivity index (χ2v) is 6.93. The summed E-state index contributed by atoms with van der Waals surface area (Å²) >= 11 is 5.69. The predicted octanol–water partition coefficient (Wildman–Crippen LogP) is 2.71. The van der Waals surface area contributed by atoms with Crippen molar-refractivity contribution < 1.29 is 14.5 Å². The number of amides is 1. The first kappa shape index (κ1) is 18.2. The SMILES string of the molecule is CC(C)(C)OC(=O)N1CCC(CNc2nc(Cl)ncc2[N+](=O)[O-])C1. The van der Waals surface area contributed by atoms with Crippen LogP contribution in [-0.4, -0.2) is 51.1 Å². The van der Waals surface area contributed by atoms with Gasteiger partial charge in [0.1, 0.15) is 11.8 Å². The lowest BCUT2D eigenvalue weighted by molar-refractivity contribution is -0.384. The summed E-state index contributed by atoms with van der Waals surface area (Å²) in [7, 11) is 0. The summed E-state index contributed by atoms with van der Waals surface area (Å²) < 4.78 is 5.34. The van der Waals surface area contributed by atoms with Gasteiger partial charge in [-0.3, -0.25) is 10.1 Å². The van der Waals surface area contributed by atoms with Gasteiger partial charge in [0.15, 0.2) is 0 Å². The number of nitrogens with one attached hydrogen (secondary N) is 1. The maximum atomic E-state index is 12.0. The highest BCUT2D eigenvalue weighted by molar-refractivity contribution is 6.28. The van der Waals surface area contributed by atoms with Crippen LogP contribution in [-0.2, 0) is 4.74 Å². The van der Waals surface area contributed by atoms with Crippen molar-refractivity contribution in [3.8, 4) is 0 Å². The molecule has 1 aromatic rings. The number of halogens is 1. The van der Waals surface area contributed by atoms with E-state index in [1.807, 2.05) is 20.8 Å². The molecule has 2 heterocycles. The van der Waals surface area contributed by atoms with E-state index in [0.29, 0.717) is 19.6 Å². The minimum Gasteiger partial charge on any atom is -0.444 e. The molecule has 1 fully saturated rings. The van der Waals surface area contributed by atoms with Crippen molar-refractivity contribution in [1.82, 2.24) is 14.9 Å². The summed E-state index contributed by atoms with van der Waals surface area (Å²) in [5.41, 5.74) is -0.771. The van der Waals surface area contributed by atoms with Gasteiger partial charge >= 0.3 is 11.8 Å². The summed E-state index contributed by atoms with van der Waals surface area (Å²) in [5.74, 6) is 0.224. The number of rotatable bonds is 4. The van der Waals surface area contributed by atoms with E-state index in [1.54, 1.807) is 4.90 Å². The van der Waals surface area contributed by atoms with Gasteiger partial charge in [0.05, 0.1) is 4.92 Å². The van der Waals surface area contributed by atoms with Crippen molar-refractivity contribution >= 4 is 29.2 Å². The van der Waals surface area contributed by atoms with E-state index in [-0.39, 0.29) is 28.8 Å². The van der Waals surface area contributed by atoms with Crippen molar-refractivity contribution in [3.05, 3.63) is 21.6 Å². The zero-order valence-corrected chi connectivity index (χ0v) is 14.5. The van der Waals surface area contributed by atoms with Gasteiger partial charge in [0.25, 0.3) is 0 Å². The summed E-state index contributed by atoms with van der Waals surface area (Å²) in [4.78, 5) is 31.5. The zero-order chi connectivity index (χ0) is 17.9. The highest BCUT2D eigenvalue weighted by atomic mass is 35.5. The number of carbonyl (C=O) groups is 1. The molecule has 1 atom stereocenters. The molecule has 1 N–H and O–H groups in total. The fourth-order valence-corrected chi connectivity index (χ4v) is 2.48. The number of nitro groups is 1. The Hall–Kier alpha value is -2.16. The predicted molar refractivity (Wildman–Crippen MR) is 88.1 cm³/mol. The molecule has 2 rings (SSSR count). The van der Waals surface area contributed by atoms with E-state index < -0.39 is 10.5 Å². The molecule has 1 aliphatic rings. The molecule has 1 aromatic heterocycles. The Morgan fingerprint density at radius 2 is 2.29 bits per heavy atom. The Labute approximate surface area is 144 Å². The summed E-state index contributed by atoms with van der Waals surface area (Å²) in [6, 6.07) is 0. The number of likely N-dealkylation sites (tertiary alicyclic amines) is 1. The van der Waals surface area contributed by atoms with Crippen molar-refractivity contribution in [2.24, 2.45) is 5.92 Å². The maximum Gasteiger partial charge on any atom is 0.410 e. The highest BCUT2D eigenvalue weighted by Crippen LogP contribution is 2.24. The van der Waals surface area contributed by atoms with Gasteiger partial charge in [-0.2, -0.15) is 4.98 Å². The number of nitrogens with zero attached hydrogens (tertiary/aromatic N) is 4. The van der Waals surface area contributed by atoms with Crippen molar-refractivity contribution in [2.45, 2.75) is 32.8 Å². The first-order valence-corrected chi connectivity index (χ1v) is 7.92. The number of ether oxygens (including phenoxy) is 1. The molecule has 10 heteroatoms. The minimum absolute atomic E-state index is 0.0649. The molecule has 132 valence electrons. The molecule has 0 radical (unpaired) electrons. The summed E-state index contributed by atoms with van der Waals surface area (Å²) in [5, 5.41) is 13.8. The van der Waals surface area contributed by atoms with Crippen LogP contribution in [0.2, 0.25) is 5.28 Å². The molecule has 0 aliphatic carbocycles. The van der Waals surface area contributed by atoms with Crippen LogP contribution in [0, 0.1) is 16.0 Å². The fourth-order valence-electron chi connectivity index (χ4n) is 2.35. The Kier molecular flexibility index (Phi) is 5.43. The molecule has 0 aromatic carbocycles. The average Bonchev–Trinajstić information content (AvgIpc) is 2.92. The Morgan fingerprint density at radius 3 is 2.92 bits per heavy atom. The van der Waals surface area contributed by atoms with Gasteiger partial charge in [0, 0.05) is 19.6 Å². The molecule has 1 unspecified atom stereocenters. The summed E-state index contributed by atoms with van der Waals surface area (Å²) in [6.45, 7) is 7.00. The van der Waals surface area contributed by atoms with Gasteiger partial charge in [0.2, 0.25) is 11.1 Å². The van der Waals surface area contributed by atoms with E-state index in [0.717, 1.165) is 12.6 Å². The number of carbonyl (C=O) groups excluding carboxylic acids is 1. The molecular formula is C14H20ClN5O4. The van der Waals surface area contributed by atoms with E-state index >= 15 is 0 Å². The number of anilines is 1. The van der Waals surface area contributed by atoms with Crippen LogP contribution in [0.5, 0.6) is 0 Å². The number of aromatic nitrogens is 2. The van der Waals surface area contributed by atoms with Crippen LogP contribution < -0.4 is 5.32 Å². The quantitative estimate of drug-likeness (QED) is 0.501. The number of hydrogen-bond donors (Lipinski definition) is 1. The lowest BCUT2D eigenvalue weighted by Gasteiger charge is -2.24. The third-order valence-corrected chi connectivity index (χ3v) is 3.61. The molecule has 0 bridgehead atoms. The van der Waals surface area contributed by atoms with Crippen LogP contribution in [0.25, 0.3) is 0 Å². The van der Waals surface area contributed by atoms with E-state index in [4.69, 9.17) is 16.3 Å². The zero-order valence-electron chi connectivity index (χ0n) is 13.8. The van der Waals surface area contributed by atoms with Crippen LogP contribution in [0.15, 0.2) is 6.20 Å². The topological polar surface area (TPSA) is 110 Å². The van der Waals surface area contributed by atoms with Gasteiger partial charge < -0.3 is 15.0 Å². The Bertz CT molecular complexity index is 634. The summed E-state index contributed by atoms with van der Waals surface area (Å²) in [6.07, 6.45) is 1.50. The highest BCUT2D eigenvalue weighted by Gasteiger charge is 2.30. The van der Waals surface area contributed by atoms with E-state index in [2.05, 4.69) is 15.3 Å². The molecule has 1 saturated heterocycles. The fraction of sp³-hybridized carbons (Fsp3) is 0.643. The molecule has 0 saturated carbocycles. The van der Waals surface area contributed by atoms with E-state index in [1.165, 1.54) is 0 Å².